The van der Waals surface area contributed by atoms with Gasteiger partial charge in [0.2, 0.25) is 21.1 Å². The van der Waals surface area contributed by atoms with Crippen molar-refractivity contribution in [2.45, 2.75) is 23.0 Å². The highest BCUT2D eigenvalue weighted by molar-refractivity contribution is 7.99. The summed E-state index contributed by atoms with van der Waals surface area (Å²) in [6.45, 7) is 1.89. The first-order valence-electron chi connectivity index (χ1n) is 8.75. The van der Waals surface area contributed by atoms with E-state index in [0.29, 0.717) is 50.2 Å². The molecule has 3 rings (SSSR count). The first-order chi connectivity index (χ1) is 13.5. The van der Waals surface area contributed by atoms with Crippen molar-refractivity contribution in [1.82, 2.24) is 29.8 Å². The molecule has 0 saturated carbocycles. The molecule has 1 aromatic carbocycles. The van der Waals surface area contributed by atoms with Crippen LogP contribution in [0.3, 0.4) is 0 Å². The predicted octanol–water partition coefficient (Wildman–Crippen LogP) is 0.0296. The number of sulfonamides is 1. The second-order valence-corrected chi connectivity index (χ2v) is 9.12. The quantitative estimate of drug-likeness (QED) is 0.587. The van der Waals surface area contributed by atoms with E-state index in [1.165, 1.54) is 16.1 Å². The molecule has 10 nitrogen and oxygen atoms in total. The number of amides is 1. The van der Waals surface area contributed by atoms with Gasteiger partial charge in [0.1, 0.15) is 0 Å². The number of ether oxygens (including phenoxy) is 1. The molecule has 1 amide bonds. The maximum Gasteiger partial charge on any atom is 0.243 e. The van der Waals surface area contributed by atoms with Crippen molar-refractivity contribution in [3.05, 3.63) is 29.8 Å². The maximum atomic E-state index is 12.6. The van der Waals surface area contributed by atoms with Gasteiger partial charge in [0, 0.05) is 38.9 Å². The van der Waals surface area contributed by atoms with Crippen LogP contribution in [0.25, 0.3) is 0 Å². The topological polar surface area (TPSA) is 119 Å². The van der Waals surface area contributed by atoms with Crippen LogP contribution >= 0.6 is 11.8 Å². The number of tetrazole rings is 1. The zero-order valence-electron chi connectivity index (χ0n) is 15.4. The fraction of sp³-hybridized carbons (Fsp3) is 0.500. The van der Waals surface area contributed by atoms with Gasteiger partial charge in [0.05, 0.1) is 18.1 Å². The molecule has 0 spiro atoms. The maximum absolute atomic E-state index is 12.6. The van der Waals surface area contributed by atoms with Gasteiger partial charge in [-0.2, -0.15) is 4.31 Å². The monoisotopic (exact) mass is 426 g/mol. The van der Waals surface area contributed by atoms with E-state index >= 15 is 0 Å². The minimum atomic E-state index is -3.50. The van der Waals surface area contributed by atoms with Crippen molar-refractivity contribution in [3.8, 4) is 0 Å². The molecule has 12 heteroatoms. The molecule has 1 N–H and O–H groups in total. The number of benzene rings is 1. The van der Waals surface area contributed by atoms with Gasteiger partial charge < -0.3 is 10.1 Å². The minimum absolute atomic E-state index is 0.0901. The lowest BCUT2D eigenvalue weighted by Crippen LogP contribution is -2.40. The van der Waals surface area contributed by atoms with Crippen molar-refractivity contribution in [2.24, 2.45) is 7.05 Å². The molecule has 2 heterocycles. The summed E-state index contributed by atoms with van der Waals surface area (Å²) < 4.78 is 33.4. The highest BCUT2D eigenvalue weighted by atomic mass is 32.2. The fourth-order valence-electron chi connectivity index (χ4n) is 2.58. The Labute approximate surface area is 167 Å². The second kappa shape index (κ2) is 9.45. The lowest BCUT2D eigenvalue weighted by Gasteiger charge is -2.26. The van der Waals surface area contributed by atoms with Crippen LogP contribution < -0.4 is 5.32 Å². The van der Waals surface area contributed by atoms with Gasteiger partial charge in [0.15, 0.2) is 0 Å². The number of nitrogens with zero attached hydrogens (tertiary/aromatic N) is 5. The van der Waals surface area contributed by atoms with E-state index < -0.39 is 10.0 Å². The molecule has 0 bridgehead atoms. The molecule has 0 unspecified atom stereocenters. The number of aromatic nitrogens is 4. The summed E-state index contributed by atoms with van der Waals surface area (Å²) >= 11 is 1.41. The molecule has 1 fully saturated rings. The van der Waals surface area contributed by atoms with Crippen LogP contribution in [0.2, 0.25) is 0 Å². The van der Waals surface area contributed by atoms with Crippen LogP contribution in [0.5, 0.6) is 0 Å². The van der Waals surface area contributed by atoms with E-state index in [0.717, 1.165) is 5.56 Å². The normalized spacial score (nSPS) is 15.5. The zero-order chi connectivity index (χ0) is 20.0. The molecule has 1 aromatic heterocycles. The highest BCUT2D eigenvalue weighted by Gasteiger charge is 2.26. The molecule has 0 aliphatic carbocycles. The molecular formula is C16H22N6O4S2. The van der Waals surface area contributed by atoms with Crippen molar-refractivity contribution < 1.29 is 17.9 Å². The summed E-state index contributed by atoms with van der Waals surface area (Å²) in [5, 5.41) is 14.6. The Morgan fingerprint density at radius 1 is 1.25 bits per heavy atom. The third-order valence-electron chi connectivity index (χ3n) is 4.16. The first-order valence-corrected chi connectivity index (χ1v) is 11.2. The van der Waals surface area contributed by atoms with Gasteiger partial charge in [-0.05, 0) is 28.1 Å². The van der Waals surface area contributed by atoms with Gasteiger partial charge in [-0.15, -0.1) is 5.10 Å². The van der Waals surface area contributed by atoms with Crippen LogP contribution in [0.1, 0.15) is 12.0 Å². The molecule has 1 aliphatic heterocycles. The molecule has 0 radical (unpaired) electrons. The summed E-state index contributed by atoms with van der Waals surface area (Å²) in [7, 11) is -1.76. The van der Waals surface area contributed by atoms with Crippen molar-refractivity contribution in [1.29, 1.82) is 0 Å². The molecule has 28 heavy (non-hydrogen) atoms. The molecule has 2 aromatic rings. The van der Waals surface area contributed by atoms with Gasteiger partial charge in [-0.3, -0.25) is 4.79 Å². The standard InChI is InChI=1S/C16H22N6O4S2/c1-21-16(18-19-20-21)27-11-6-15(23)17-12-13-2-4-14(5-3-13)28(24,25)22-7-9-26-10-8-22/h2-5H,6-12H2,1H3,(H,17,23). The highest BCUT2D eigenvalue weighted by Crippen LogP contribution is 2.18. The van der Waals surface area contributed by atoms with Crippen LogP contribution in [0.15, 0.2) is 34.3 Å². The van der Waals surface area contributed by atoms with Crippen LogP contribution in [0, 0.1) is 0 Å². The van der Waals surface area contributed by atoms with E-state index in [1.807, 2.05) is 0 Å². The first kappa shape index (κ1) is 20.7. The number of rotatable bonds is 8. The van der Waals surface area contributed by atoms with Gasteiger partial charge in [-0.1, -0.05) is 23.9 Å². The number of nitrogens with one attached hydrogen (secondary N) is 1. The van der Waals surface area contributed by atoms with Crippen LogP contribution in [-0.4, -0.2) is 70.9 Å². The summed E-state index contributed by atoms with van der Waals surface area (Å²) in [5.41, 5.74) is 0.833. The summed E-state index contributed by atoms with van der Waals surface area (Å²) in [5.74, 6) is 0.476. The van der Waals surface area contributed by atoms with Crippen LogP contribution in [0.4, 0.5) is 0 Å². The smallest absolute Gasteiger partial charge is 0.243 e. The number of thioether (sulfide) groups is 1. The average Bonchev–Trinajstić information content (AvgIpc) is 3.12. The van der Waals surface area contributed by atoms with E-state index in [1.54, 1.807) is 36.0 Å². The minimum Gasteiger partial charge on any atom is -0.379 e. The van der Waals surface area contributed by atoms with E-state index in [-0.39, 0.29) is 10.8 Å². The Hall–Kier alpha value is -2.02. The number of carbonyl (C=O) groups excluding carboxylic acids is 1. The number of hydrogen-bond donors (Lipinski definition) is 1. The lowest BCUT2D eigenvalue weighted by molar-refractivity contribution is -0.120. The average molecular weight is 427 g/mol. The van der Waals surface area contributed by atoms with Gasteiger partial charge >= 0.3 is 0 Å². The van der Waals surface area contributed by atoms with Crippen molar-refractivity contribution in [2.75, 3.05) is 32.1 Å². The van der Waals surface area contributed by atoms with Crippen LogP contribution in [-0.2, 0) is 33.1 Å². The number of aryl methyl sites for hydroxylation is 1. The SMILES string of the molecule is Cn1nnnc1SCCC(=O)NCc1ccc(S(=O)(=O)N2CCOCC2)cc1. The third kappa shape index (κ3) is 5.28. The van der Waals surface area contributed by atoms with Crippen molar-refractivity contribution in [3.63, 3.8) is 0 Å². The molecule has 1 aliphatic rings. The van der Waals surface area contributed by atoms with Gasteiger partial charge in [0.25, 0.3) is 0 Å². The Morgan fingerprint density at radius 2 is 1.96 bits per heavy atom. The largest absolute Gasteiger partial charge is 0.379 e. The van der Waals surface area contributed by atoms with E-state index in [2.05, 4.69) is 20.8 Å². The Morgan fingerprint density at radius 3 is 2.61 bits per heavy atom. The number of hydrogen-bond acceptors (Lipinski definition) is 8. The predicted molar refractivity (Wildman–Crippen MR) is 102 cm³/mol. The Bertz CT molecular complexity index is 894. The number of carbonyl (C=O) groups is 1. The number of morpholine rings is 1. The lowest BCUT2D eigenvalue weighted by atomic mass is 10.2. The Kier molecular flexibility index (Phi) is 6.99. The van der Waals surface area contributed by atoms with E-state index in [4.69, 9.17) is 4.74 Å². The fourth-order valence-corrected chi connectivity index (χ4v) is 4.78. The molecule has 0 atom stereocenters. The van der Waals surface area contributed by atoms with Gasteiger partial charge in [-0.25, -0.2) is 13.1 Å². The summed E-state index contributed by atoms with van der Waals surface area (Å²) in [4.78, 5) is 12.2. The third-order valence-corrected chi connectivity index (χ3v) is 7.09. The van der Waals surface area contributed by atoms with E-state index in [9.17, 15) is 13.2 Å². The molecule has 1 saturated heterocycles. The summed E-state index contributed by atoms with van der Waals surface area (Å²) in [6, 6.07) is 6.58. The molecular weight excluding hydrogens is 404 g/mol. The molecule has 152 valence electrons. The van der Waals surface area contributed by atoms with Crippen molar-refractivity contribution >= 4 is 27.7 Å². The second-order valence-electron chi connectivity index (χ2n) is 6.12. The zero-order valence-corrected chi connectivity index (χ0v) is 17.1. The Balaban J connectivity index is 1.46. The summed E-state index contributed by atoms with van der Waals surface area (Å²) in [6.07, 6.45) is 0.334.